The molecule has 8 aliphatic rings. The Morgan fingerprint density at radius 2 is 0.793 bits per heavy atom. The highest BCUT2D eigenvalue weighted by Gasteiger charge is 2.66. The van der Waals surface area contributed by atoms with Gasteiger partial charge < -0.3 is 80.8 Å². The monoisotopic (exact) mass is 1570 g/mol. The molecular formula is C72H106F3N17O19. The number of alkyl halides is 3. The van der Waals surface area contributed by atoms with Gasteiger partial charge in [-0.2, -0.15) is 13.2 Å². The Labute approximate surface area is 641 Å². The summed E-state index contributed by atoms with van der Waals surface area (Å²) >= 11 is 0. The lowest BCUT2D eigenvalue weighted by Gasteiger charge is -2.54. The number of hydrogen-bond acceptors (Lipinski definition) is 25. The number of aliphatic carboxylic acids is 1. The Morgan fingerprint density at radius 1 is 0.495 bits per heavy atom. The smallest absolute Gasteiger partial charge is 0.446 e. The summed E-state index contributed by atoms with van der Waals surface area (Å²) in [6.07, 6.45) is 3.80. The van der Waals surface area contributed by atoms with E-state index >= 15 is 0 Å². The third-order valence-electron chi connectivity index (χ3n) is 19.6. The number of nitrogens with one attached hydrogen (secondary N) is 4. The van der Waals surface area contributed by atoms with Crippen LogP contribution in [0.5, 0.6) is 0 Å². The number of carboxylic acids is 1. The van der Waals surface area contributed by atoms with E-state index in [0.717, 1.165) is 30.7 Å². The van der Waals surface area contributed by atoms with E-state index in [-0.39, 0.29) is 76.2 Å². The first-order chi connectivity index (χ1) is 51.4. The number of ether oxygens (including phenoxy) is 2. The molecule has 0 aromatic carbocycles. The summed E-state index contributed by atoms with van der Waals surface area (Å²) < 4.78 is 42.0. The van der Waals surface area contributed by atoms with Crippen LogP contribution in [0.15, 0.2) is 55.4 Å². The van der Waals surface area contributed by atoms with Gasteiger partial charge in [0, 0.05) is 69.3 Å². The first-order valence-electron chi connectivity index (χ1n) is 36.3. The zero-order valence-electron chi connectivity index (χ0n) is 63.8. The van der Waals surface area contributed by atoms with E-state index in [1.807, 2.05) is 13.8 Å². The number of carboxylic acid groups (broad SMARTS) is 1. The van der Waals surface area contributed by atoms with E-state index in [0.29, 0.717) is 75.8 Å². The second-order valence-electron chi connectivity index (χ2n) is 30.5. The molecule has 11 rings (SSSR count). The maximum atomic E-state index is 13.2. The molecule has 3 aromatic rings. The number of nitrogens with zero attached hydrogens (tertiary/aromatic N) is 13. The summed E-state index contributed by atoms with van der Waals surface area (Å²) in [7, 11) is 0. The van der Waals surface area contributed by atoms with E-state index in [9.17, 15) is 91.4 Å². The molecule has 8 saturated heterocycles. The average molecular weight is 1570 g/mol. The molecule has 8 fully saturated rings. The van der Waals surface area contributed by atoms with Crippen LogP contribution in [0.25, 0.3) is 0 Å². The van der Waals surface area contributed by atoms with Gasteiger partial charge in [0.25, 0.3) is 17.7 Å². The third kappa shape index (κ3) is 21.1. The van der Waals surface area contributed by atoms with E-state index in [2.05, 4.69) is 51.2 Å². The van der Waals surface area contributed by atoms with Crippen molar-refractivity contribution in [1.29, 1.82) is 0 Å². The van der Waals surface area contributed by atoms with Crippen LogP contribution in [0.2, 0.25) is 0 Å². The van der Waals surface area contributed by atoms with Crippen molar-refractivity contribution in [3.05, 3.63) is 72.9 Å². The Morgan fingerprint density at radius 3 is 1.05 bits per heavy atom. The van der Waals surface area contributed by atoms with Gasteiger partial charge in [-0.1, -0.05) is 21.3 Å². The fraction of sp³-hybridized carbons (Fsp3) is 0.667. The molecule has 4 spiro atoms. The summed E-state index contributed by atoms with van der Waals surface area (Å²) in [5.41, 5.74) is -4.75. The van der Waals surface area contributed by atoms with E-state index in [1.54, 1.807) is 102 Å². The second-order valence-corrected chi connectivity index (χ2v) is 30.5. The van der Waals surface area contributed by atoms with Gasteiger partial charge in [0.1, 0.15) is 69.0 Å². The van der Waals surface area contributed by atoms with Crippen LogP contribution in [-0.4, -0.2) is 302 Å². The maximum absolute atomic E-state index is 13.2. The molecule has 12 atom stereocenters. The molecular weight excluding hydrogens is 1460 g/mol. The van der Waals surface area contributed by atoms with E-state index < -0.39 is 136 Å². The molecule has 0 bridgehead atoms. The standard InChI is InChI=1S/C20H29N5O5.C19H27N5O4.C15H21N5O3.C15H24N2O6.C2HF3O.CH4/c1-13(26)15(16(27)23-11-14-21-8-6-9-22-14)24-12-20(17(24)28)7-5-10-25(20)18(29)30-19(2,3)4;1-12(2)17(27)24-9-4-6-19(24)11-23(18(19)28)15(13(3)25)16(26)22-10-14-20-7-5-8-21-14;1-10(21)12(13(22)18-8-11-16-5-3-6-17-11)20-9-15(14(20)23)4-2-7-19-15;1-9(18)10(11(19)20)16-8-15(12(16)21)6-5-7-17(15)13(22)23-14(2,3)4;3-2(4,5)1-6;/h6,8-9,13,15,26H,5,7,10-12H2,1-4H3,(H,23,27);5,7-8,12-13,15,25H,4,6,9-11H2,1-3H3,(H,22,26);3,5-6,10,12,19,21H,2,4,7-9H2,1H3,(H,18,22);9-10,18H,5-8H2,1-4H3,(H,19,20);1H;1H4/t13-,15+,20?;13-,15+,19?;10-,12+,15?;9-,10+,15?;;/m1111../s1. The number of rotatable bonds is 19. The Kier molecular flexibility index (Phi) is 30.1. The lowest BCUT2D eigenvalue weighted by Crippen LogP contribution is -2.77. The van der Waals surface area contributed by atoms with E-state index in [1.165, 1.54) is 52.2 Å². The highest BCUT2D eigenvalue weighted by molar-refractivity contribution is 6.02. The maximum Gasteiger partial charge on any atom is 0.446 e. The van der Waals surface area contributed by atoms with Crippen LogP contribution >= 0.6 is 0 Å². The highest BCUT2D eigenvalue weighted by Crippen LogP contribution is 2.44. The quantitative estimate of drug-likeness (QED) is 0.0591. The lowest BCUT2D eigenvalue weighted by atomic mass is 9.82. The molecule has 0 radical (unpaired) electrons. The minimum atomic E-state index is -4.64. The molecule has 0 aliphatic carbocycles. The number of aliphatic hydroxyl groups is 4. The number of β-lactam (4-membered cyclic amide) rings is 4. The normalized spacial score (nSPS) is 23.8. The predicted molar refractivity (Wildman–Crippen MR) is 385 cm³/mol. The van der Waals surface area contributed by atoms with Crippen molar-refractivity contribution >= 4 is 71.7 Å². The Balaban J connectivity index is 0.000000226. The van der Waals surface area contributed by atoms with Crippen molar-refractivity contribution < 1.29 is 106 Å². The Hall–Kier alpha value is -9.73. The number of carbonyl (C=O) groups is 12. The fourth-order valence-corrected chi connectivity index (χ4v) is 14.6. The minimum absolute atomic E-state index is 0. The second kappa shape index (κ2) is 37.1. The summed E-state index contributed by atoms with van der Waals surface area (Å²) in [5, 5.41) is 60.4. The summed E-state index contributed by atoms with van der Waals surface area (Å²) in [6.45, 7) is 23.5. The molecule has 11 heterocycles. The summed E-state index contributed by atoms with van der Waals surface area (Å²) in [5.74, 6) is -2.67. The SMILES string of the molecule is C.CC(C)C(=O)N1CCCC12CN([C@H](C(=O)NCc1ncccn1)[C@@H](C)O)C2=O.C[C@@H](O)[C@@H](C(=O)NCc1ncccn1)N1CC2(CCCN2)C1=O.C[C@@H](O)[C@@H](C(=O)NCc1ncccn1)N1CC2(CCCN2C(=O)OC(C)(C)C)C1=O.C[C@@H](O)[C@@H](C(=O)O)N1CC2(CCCN2C(=O)OC(C)(C)C)C1=O.O=CC(F)(F)F. The van der Waals surface area contributed by atoms with Crippen molar-refractivity contribution in [3.8, 4) is 0 Å². The third-order valence-corrected chi connectivity index (χ3v) is 19.6. The largest absolute Gasteiger partial charge is 0.480 e. The number of aliphatic hydroxyl groups excluding tert-OH is 4. The van der Waals surface area contributed by atoms with Crippen molar-refractivity contribution in [1.82, 2.24) is 85.5 Å². The fourth-order valence-electron chi connectivity index (χ4n) is 14.6. The number of likely N-dealkylation sites (tertiary alicyclic amines) is 7. The van der Waals surface area contributed by atoms with Gasteiger partial charge in [-0.25, -0.2) is 44.3 Å². The van der Waals surface area contributed by atoms with Crippen LogP contribution in [0.3, 0.4) is 0 Å². The van der Waals surface area contributed by atoms with Crippen LogP contribution in [-0.2, 0) is 77.1 Å². The highest BCUT2D eigenvalue weighted by atomic mass is 19.4. The topological polar surface area (TPSA) is 473 Å². The van der Waals surface area contributed by atoms with Gasteiger partial charge in [0.15, 0.2) is 6.04 Å². The minimum Gasteiger partial charge on any atom is -0.480 e. The van der Waals surface area contributed by atoms with Gasteiger partial charge >= 0.3 is 24.3 Å². The van der Waals surface area contributed by atoms with Crippen LogP contribution in [0, 0.1) is 5.92 Å². The number of halogens is 3. The molecule has 3 aromatic heterocycles. The molecule has 10 amide bonds. The zero-order chi connectivity index (χ0) is 81.8. The number of hydrogen-bond donors (Lipinski definition) is 9. The van der Waals surface area contributed by atoms with Gasteiger partial charge in [-0.05, 0) is 145 Å². The van der Waals surface area contributed by atoms with Crippen molar-refractivity contribution in [2.75, 3.05) is 52.4 Å². The summed E-state index contributed by atoms with van der Waals surface area (Å²) in [4.78, 5) is 180. The Bertz CT molecular complexity index is 3780. The number of aromatic nitrogens is 6. The summed E-state index contributed by atoms with van der Waals surface area (Å²) in [6, 6.07) is 0.768. The van der Waals surface area contributed by atoms with Crippen molar-refractivity contribution in [3.63, 3.8) is 0 Å². The zero-order valence-corrected chi connectivity index (χ0v) is 63.8. The first-order valence-corrected chi connectivity index (χ1v) is 36.3. The van der Waals surface area contributed by atoms with Crippen LogP contribution in [0.1, 0.15) is 159 Å². The molecule has 614 valence electrons. The molecule has 8 aliphatic heterocycles. The average Bonchev–Trinajstić information content (AvgIpc) is 1.68. The number of amides is 10. The van der Waals surface area contributed by atoms with Gasteiger partial charge in [0.05, 0.1) is 63.7 Å². The molecule has 36 nitrogen and oxygen atoms in total. The molecule has 39 heteroatoms. The van der Waals surface area contributed by atoms with Gasteiger partial charge in [-0.3, -0.25) is 53.0 Å². The lowest BCUT2D eigenvalue weighted by molar-refractivity contribution is -0.177. The molecule has 111 heavy (non-hydrogen) atoms. The van der Waals surface area contributed by atoms with Crippen molar-refractivity contribution in [2.24, 2.45) is 5.92 Å². The van der Waals surface area contributed by atoms with Gasteiger partial charge in [0.2, 0.25) is 35.8 Å². The molecule has 9 N–H and O–H groups in total. The van der Waals surface area contributed by atoms with Crippen LogP contribution < -0.4 is 21.3 Å². The number of carbonyl (C=O) groups excluding carboxylic acids is 11. The number of aldehydes is 1. The van der Waals surface area contributed by atoms with E-state index in [4.69, 9.17) is 14.3 Å². The first kappa shape index (κ1) is 90.2. The van der Waals surface area contributed by atoms with Crippen molar-refractivity contribution in [2.45, 2.75) is 250 Å². The van der Waals surface area contributed by atoms with Gasteiger partial charge in [-0.15, -0.1) is 0 Å². The molecule has 4 unspecified atom stereocenters. The van der Waals surface area contributed by atoms with Crippen LogP contribution in [0.4, 0.5) is 22.8 Å². The predicted octanol–water partition coefficient (Wildman–Crippen LogP) is 0.778. The molecule has 0 saturated carbocycles.